The quantitative estimate of drug-likeness (QED) is 0.393. The normalized spacial score (nSPS) is 15.1. The van der Waals surface area contributed by atoms with E-state index in [9.17, 15) is 8.42 Å². The Morgan fingerprint density at radius 2 is 1.68 bits per heavy atom. The van der Waals surface area contributed by atoms with Crippen LogP contribution in [0.5, 0.6) is 0 Å². The van der Waals surface area contributed by atoms with Crippen molar-refractivity contribution in [2.24, 2.45) is 0 Å². The molecule has 1 aliphatic heterocycles. The maximum absolute atomic E-state index is 13.5. The fraction of sp³-hybridized carbons (Fsp3) is 0.280. The molecule has 0 N–H and O–H groups in total. The number of hydrogen-bond donors (Lipinski definition) is 0. The first-order chi connectivity index (χ1) is 16.3. The van der Waals surface area contributed by atoms with Gasteiger partial charge >= 0.3 is 0 Å². The Kier molecular flexibility index (Phi) is 6.01. The molecule has 7 nitrogen and oxygen atoms in total. The Hall–Kier alpha value is -3.01. The van der Waals surface area contributed by atoms with Gasteiger partial charge in [0, 0.05) is 42.3 Å². The molecule has 1 fully saturated rings. The number of piperazine rings is 1. The lowest BCUT2D eigenvalue weighted by molar-refractivity contribution is 0.384. The molecule has 0 aliphatic carbocycles. The highest BCUT2D eigenvalue weighted by Crippen LogP contribution is 2.35. The molecular weight excluding hydrogens is 468 g/mol. The molecule has 0 saturated carbocycles. The van der Waals surface area contributed by atoms with Gasteiger partial charge in [0.1, 0.15) is 0 Å². The van der Waals surface area contributed by atoms with Gasteiger partial charge in [-0.05, 0) is 44.0 Å². The molecule has 4 aromatic rings. The predicted molar refractivity (Wildman–Crippen MR) is 135 cm³/mol. The van der Waals surface area contributed by atoms with Crippen molar-refractivity contribution in [3.05, 3.63) is 70.6 Å². The number of thiophene rings is 1. The van der Waals surface area contributed by atoms with Crippen LogP contribution in [0.15, 0.2) is 64.0 Å². The number of sulfonamides is 1. The van der Waals surface area contributed by atoms with Crippen LogP contribution in [-0.4, -0.2) is 49.0 Å². The van der Waals surface area contributed by atoms with Crippen molar-refractivity contribution in [2.45, 2.75) is 25.7 Å². The van der Waals surface area contributed by atoms with E-state index in [1.54, 1.807) is 10.4 Å². The van der Waals surface area contributed by atoms with Crippen LogP contribution < -0.4 is 4.90 Å². The summed E-state index contributed by atoms with van der Waals surface area (Å²) in [4.78, 5) is 8.42. The third-order valence-electron chi connectivity index (χ3n) is 6.31. The molecule has 2 aromatic carbocycles. The van der Waals surface area contributed by atoms with E-state index in [2.05, 4.69) is 47.1 Å². The van der Waals surface area contributed by atoms with Crippen LogP contribution in [0.1, 0.15) is 16.0 Å². The van der Waals surface area contributed by atoms with E-state index in [-0.39, 0.29) is 0 Å². The van der Waals surface area contributed by atoms with E-state index in [1.165, 1.54) is 28.2 Å². The lowest BCUT2D eigenvalue weighted by Gasteiger charge is -2.36. The molecule has 34 heavy (non-hydrogen) atoms. The lowest BCUT2D eigenvalue weighted by atomic mass is 10.1. The van der Waals surface area contributed by atoms with Crippen molar-refractivity contribution in [1.29, 1.82) is 0 Å². The maximum atomic E-state index is 13.5. The van der Waals surface area contributed by atoms with Crippen LogP contribution in [0.25, 0.3) is 22.2 Å². The zero-order chi connectivity index (χ0) is 23.9. The van der Waals surface area contributed by atoms with Crippen molar-refractivity contribution in [1.82, 2.24) is 14.4 Å². The monoisotopic (exact) mass is 494 g/mol. The Bertz CT molecular complexity index is 1420. The van der Waals surface area contributed by atoms with E-state index in [0.717, 1.165) is 5.56 Å². The van der Waals surface area contributed by atoms with Crippen LogP contribution in [0.3, 0.4) is 0 Å². The second-order valence-electron chi connectivity index (χ2n) is 8.43. The smallest absolute Gasteiger partial charge is 0.268 e. The molecule has 9 heteroatoms. The molecule has 1 saturated heterocycles. The Balaban J connectivity index is 1.35. The number of aryl methyl sites for hydroxylation is 2. The van der Waals surface area contributed by atoms with Gasteiger partial charge in [0.15, 0.2) is 0 Å². The summed E-state index contributed by atoms with van der Waals surface area (Å²) < 4.78 is 34.0. The molecule has 5 rings (SSSR count). The Morgan fingerprint density at radius 3 is 2.41 bits per heavy atom. The van der Waals surface area contributed by atoms with E-state index >= 15 is 0 Å². The standard InChI is InChI=1S/C25H26N4O3S2/c1-17-8-7-11-21(18(17)2)28-12-14-29(15-13-28)34(30,31)23-16-22(33-19(23)3)25-26-24(27-32-25)20-9-5-4-6-10-20/h4-11,16H,12-15H2,1-3H3. The summed E-state index contributed by atoms with van der Waals surface area (Å²) in [6.07, 6.45) is 0. The third-order valence-corrected chi connectivity index (χ3v) is 9.51. The van der Waals surface area contributed by atoms with Crippen LogP contribution >= 0.6 is 11.3 Å². The fourth-order valence-corrected chi connectivity index (χ4v) is 7.15. The summed E-state index contributed by atoms with van der Waals surface area (Å²) in [7, 11) is -3.62. The van der Waals surface area contributed by atoms with Crippen LogP contribution in [0.2, 0.25) is 0 Å². The summed E-state index contributed by atoms with van der Waals surface area (Å²) in [5.74, 6) is 0.807. The van der Waals surface area contributed by atoms with E-state index in [0.29, 0.717) is 52.5 Å². The van der Waals surface area contributed by atoms with Gasteiger partial charge in [0.2, 0.25) is 15.8 Å². The molecular formula is C25H26N4O3S2. The molecule has 0 amide bonds. The Morgan fingerprint density at radius 1 is 0.941 bits per heavy atom. The summed E-state index contributed by atoms with van der Waals surface area (Å²) >= 11 is 1.36. The van der Waals surface area contributed by atoms with Crippen LogP contribution in [-0.2, 0) is 10.0 Å². The first-order valence-corrected chi connectivity index (χ1v) is 13.4. The number of aromatic nitrogens is 2. The van der Waals surface area contributed by atoms with Gasteiger partial charge in [0.25, 0.3) is 5.89 Å². The minimum Gasteiger partial charge on any atom is -0.369 e. The minimum absolute atomic E-state index is 0.312. The molecule has 3 heterocycles. The fourth-order valence-electron chi connectivity index (χ4n) is 4.24. The maximum Gasteiger partial charge on any atom is 0.268 e. The molecule has 0 spiro atoms. The van der Waals surface area contributed by atoms with Gasteiger partial charge < -0.3 is 9.42 Å². The summed E-state index contributed by atoms with van der Waals surface area (Å²) in [6, 6.07) is 17.5. The first kappa shape index (κ1) is 22.8. The van der Waals surface area contributed by atoms with Crippen molar-refractivity contribution >= 4 is 27.0 Å². The average molecular weight is 495 g/mol. The summed E-state index contributed by atoms with van der Waals surface area (Å²) in [5, 5.41) is 4.06. The highest BCUT2D eigenvalue weighted by Gasteiger charge is 2.32. The van der Waals surface area contributed by atoms with Crippen molar-refractivity contribution in [3.8, 4) is 22.2 Å². The van der Waals surface area contributed by atoms with Gasteiger partial charge in [-0.3, -0.25) is 0 Å². The van der Waals surface area contributed by atoms with E-state index < -0.39 is 10.0 Å². The highest BCUT2D eigenvalue weighted by atomic mass is 32.2. The molecule has 0 unspecified atom stereocenters. The lowest BCUT2D eigenvalue weighted by Crippen LogP contribution is -2.48. The topological polar surface area (TPSA) is 79.5 Å². The van der Waals surface area contributed by atoms with Gasteiger partial charge in [-0.15, -0.1) is 11.3 Å². The number of anilines is 1. The third kappa shape index (κ3) is 4.15. The van der Waals surface area contributed by atoms with E-state index in [4.69, 9.17) is 4.52 Å². The number of rotatable bonds is 5. The molecule has 176 valence electrons. The van der Waals surface area contributed by atoms with Crippen molar-refractivity contribution < 1.29 is 12.9 Å². The highest BCUT2D eigenvalue weighted by molar-refractivity contribution is 7.89. The van der Waals surface area contributed by atoms with Crippen LogP contribution in [0.4, 0.5) is 5.69 Å². The predicted octanol–water partition coefficient (Wildman–Crippen LogP) is 4.90. The second kappa shape index (κ2) is 8.98. The SMILES string of the molecule is Cc1cccc(N2CCN(S(=O)(=O)c3cc(-c4nc(-c5ccccc5)no4)sc3C)CC2)c1C. The van der Waals surface area contributed by atoms with Gasteiger partial charge in [-0.1, -0.05) is 47.6 Å². The number of benzene rings is 2. The molecule has 0 atom stereocenters. The molecule has 1 aliphatic rings. The first-order valence-electron chi connectivity index (χ1n) is 11.2. The second-order valence-corrected chi connectivity index (χ2v) is 11.6. The zero-order valence-corrected chi connectivity index (χ0v) is 21.0. The summed E-state index contributed by atoms with van der Waals surface area (Å²) in [5.41, 5.74) is 4.51. The van der Waals surface area contributed by atoms with Gasteiger partial charge in [-0.2, -0.15) is 9.29 Å². The Labute approximate surface area is 203 Å². The largest absolute Gasteiger partial charge is 0.369 e. The zero-order valence-electron chi connectivity index (χ0n) is 19.4. The molecule has 2 aromatic heterocycles. The number of hydrogen-bond acceptors (Lipinski definition) is 7. The van der Waals surface area contributed by atoms with Crippen molar-refractivity contribution in [3.63, 3.8) is 0 Å². The molecule has 0 bridgehead atoms. The van der Waals surface area contributed by atoms with Gasteiger partial charge in [-0.25, -0.2) is 8.42 Å². The minimum atomic E-state index is -3.62. The van der Waals surface area contributed by atoms with Crippen LogP contribution in [0, 0.1) is 20.8 Å². The van der Waals surface area contributed by atoms with E-state index in [1.807, 2.05) is 37.3 Å². The summed E-state index contributed by atoms with van der Waals surface area (Å²) in [6.45, 7) is 8.24. The average Bonchev–Trinajstić information content (AvgIpc) is 3.49. The van der Waals surface area contributed by atoms with Gasteiger partial charge in [0.05, 0.1) is 9.77 Å². The van der Waals surface area contributed by atoms with Crippen molar-refractivity contribution in [2.75, 3.05) is 31.1 Å². The molecule has 0 radical (unpaired) electrons. The number of nitrogens with zero attached hydrogens (tertiary/aromatic N) is 4.